The fourth-order valence-electron chi connectivity index (χ4n) is 2.91. The minimum atomic E-state index is -1.08. The van der Waals surface area contributed by atoms with Gasteiger partial charge in [0.1, 0.15) is 11.6 Å². The number of hydrogen-bond donors (Lipinski definition) is 2. The lowest BCUT2D eigenvalue weighted by Crippen LogP contribution is -2.20. The number of anilines is 2. The highest BCUT2D eigenvalue weighted by molar-refractivity contribution is 5.61. The van der Waals surface area contributed by atoms with E-state index in [9.17, 15) is 23.1 Å². The maximum absolute atomic E-state index is 13.8. The summed E-state index contributed by atoms with van der Waals surface area (Å²) in [5, 5.41) is 12.4. The molecule has 0 bridgehead atoms. The molecule has 0 spiro atoms. The van der Waals surface area contributed by atoms with E-state index in [1.165, 1.54) is 4.57 Å². The molecule has 0 radical (unpaired) electrons. The van der Waals surface area contributed by atoms with E-state index in [2.05, 4.69) is 10.3 Å². The monoisotopic (exact) mass is 389 g/mol. The summed E-state index contributed by atoms with van der Waals surface area (Å²) < 4.78 is 42.0. The standard InChI is InChI=1S/C20H18F3N3O2/c1-11-3-12(2)18(6-14(11)10-27)24-20-25-19(28)17(23)9-26(20)8-13-4-15(21)7-16(22)5-13/h3-7,9,27H,8,10H2,1-2H3,(H,24,25,28). The molecular weight excluding hydrogens is 371 g/mol. The molecule has 146 valence electrons. The number of hydrogen-bond acceptors (Lipinski definition) is 4. The second kappa shape index (κ2) is 7.85. The topological polar surface area (TPSA) is 67.2 Å². The molecule has 0 atom stereocenters. The van der Waals surface area contributed by atoms with Crippen LogP contribution in [0.25, 0.3) is 0 Å². The summed E-state index contributed by atoms with van der Waals surface area (Å²) in [5.74, 6) is -2.60. The minimum absolute atomic E-state index is 0.00640. The summed E-state index contributed by atoms with van der Waals surface area (Å²) in [7, 11) is 0. The summed E-state index contributed by atoms with van der Waals surface area (Å²) in [6.45, 7) is 3.39. The fourth-order valence-corrected chi connectivity index (χ4v) is 2.91. The molecule has 0 amide bonds. The first-order valence-electron chi connectivity index (χ1n) is 8.47. The molecule has 1 heterocycles. The molecule has 2 aromatic carbocycles. The molecule has 0 aliphatic rings. The van der Waals surface area contributed by atoms with Gasteiger partial charge in [0.05, 0.1) is 13.2 Å². The van der Waals surface area contributed by atoms with Gasteiger partial charge >= 0.3 is 5.56 Å². The Bertz CT molecular complexity index is 1080. The fraction of sp³-hybridized carbons (Fsp3) is 0.200. The van der Waals surface area contributed by atoms with Crippen molar-refractivity contribution in [2.45, 2.75) is 27.0 Å². The van der Waals surface area contributed by atoms with Crippen molar-refractivity contribution in [2.75, 3.05) is 5.32 Å². The van der Waals surface area contributed by atoms with Crippen LogP contribution in [0, 0.1) is 31.3 Å². The molecule has 8 heteroatoms. The molecule has 1 aromatic heterocycles. The molecule has 5 nitrogen and oxygen atoms in total. The zero-order valence-corrected chi connectivity index (χ0v) is 15.3. The number of benzene rings is 2. The zero-order valence-electron chi connectivity index (χ0n) is 15.3. The Morgan fingerprint density at radius 3 is 2.36 bits per heavy atom. The third-order valence-electron chi connectivity index (χ3n) is 4.33. The quantitative estimate of drug-likeness (QED) is 0.700. The number of aliphatic hydroxyl groups is 1. The minimum Gasteiger partial charge on any atom is -0.392 e. The van der Waals surface area contributed by atoms with Crippen LogP contribution in [0.1, 0.15) is 22.3 Å². The van der Waals surface area contributed by atoms with Gasteiger partial charge in [0.25, 0.3) is 0 Å². The highest BCUT2D eigenvalue weighted by atomic mass is 19.1. The number of aryl methyl sites for hydroxylation is 2. The van der Waals surface area contributed by atoms with Crippen molar-refractivity contribution in [1.29, 1.82) is 0 Å². The first-order chi connectivity index (χ1) is 13.3. The Kier molecular flexibility index (Phi) is 5.51. The van der Waals surface area contributed by atoms with Crippen LogP contribution in [0.2, 0.25) is 0 Å². The van der Waals surface area contributed by atoms with Gasteiger partial charge in [-0.05, 0) is 54.3 Å². The molecule has 0 aliphatic carbocycles. The summed E-state index contributed by atoms with van der Waals surface area (Å²) in [6, 6.07) is 6.51. The maximum Gasteiger partial charge on any atom is 0.310 e. The Morgan fingerprint density at radius 1 is 1.04 bits per heavy atom. The van der Waals surface area contributed by atoms with Gasteiger partial charge in [0.2, 0.25) is 11.8 Å². The van der Waals surface area contributed by atoms with Crippen LogP contribution < -0.4 is 10.9 Å². The molecule has 0 fully saturated rings. The third-order valence-corrected chi connectivity index (χ3v) is 4.33. The van der Waals surface area contributed by atoms with E-state index in [1.807, 2.05) is 19.9 Å². The molecule has 0 saturated carbocycles. The van der Waals surface area contributed by atoms with Crippen LogP contribution >= 0.6 is 0 Å². The van der Waals surface area contributed by atoms with Crippen LogP contribution in [0.15, 0.2) is 41.3 Å². The second-order valence-electron chi connectivity index (χ2n) is 6.50. The normalized spacial score (nSPS) is 10.9. The average Bonchev–Trinajstić information content (AvgIpc) is 2.60. The third kappa shape index (κ3) is 4.23. The predicted octanol–water partition coefficient (Wildman–Crippen LogP) is 3.56. The largest absolute Gasteiger partial charge is 0.392 e. The highest BCUT2D eigenvalue weighted by Gasteiger charge is 2.12. The average molecular weight is 389 g/mol. The van der Waals surface area contributed by atoms with Gasteiger partial charge in [0.15, 0.2) is 0 Å². The Labute approximate surface area is 159 Å². The SMILES string of the molecule is Cc1cc(C)c(Nc2nc(=O)c(F)cn2Cc2cc(F)cc(F)c2)cc1CO. The first-order valence-corrected chi connectivity index (χ1v) is 8.47. The second-order valence-corrected chi connectivity index (χ2v) is 6.50. The van der Waals surface area contributed by atoms with Crippen LogP contribution in [0.4, 0.5) is 24.8 Å². The molecule has 0 aliphatic heterocycles. The van der Waals surface area contributed by atoms with Crippen LogP contribution in [-0.2, 0) is 13.2 Å². The van der Waals surface area contributed by atoms with Gasteiger partial charge < -0.3 is 15.0 Å². The highest BCUT2D eigenvalue weighted by Crippen LogP contribution is 2.24. The van der Waals surface area contributed by atoms with Crippen LogP contribution in [-0.4, -0.2) is 14.7 Å². The molecule has 2 N–H and O–H groups in total. The van der Waals surface area contributed by atoms with Gasteiger partial charge in [0, 0.05) is 18.0 Å². The van der Waals surface area contributed by atoms with Crippen molar-refractivity contribution in [3.63, 3.8) is 0 Å². The van der Waals surface area contributed by atoms with Crippen molar-refractivity contribution in [1.82, 2.24) is 9.55 Å². The number of aliphatic hydroxyl groups excluding tert-OH is 1. The Hall–Kier alpha value is -3.13. The van der Waals surface area contributed by atoms with Gasteiger partial charge in [-0.2, -0.15) is 9.37 Å². The molecule has 3 rings (SSSR count). The van der Waals surface area contributed by atoms with E-state index < -0.39 is 23.0 Å². The van der Waals surface area contributed by atoms with Crippen molar-refractivity contribution in [3.05, 3.63) is 86.6 Å². The molecule has 3 aromatic rings. The Balaban J connectivity index is 2.04. The van der Waals surface area contributed by atoms with E-state index in [0.29, 0.717) is 11.3 Å². The lowest BCUT2D eigenvalue weighted by molar-refractivity contribution is 0.281. The van der Waals surface area contributed by atoms with Crippen molar-refractivity contribution < 1.29 is 18.3 Å². The van der Waals surface area contributed by atoms with Crippen LogP contribution in [0.5, 0.6) is 0 Å². The number of halogens is 3. The smallest absolute Gasteiger partial charge is 0.310 e. The summed E-state index contributed by atoms with van der Waals surface area (Å²) in [6.07, 6.45) is 0.928. The van der Waals surface area contributed by atoms with E-state index in [1.54, 1.807) is 6.07 Å². The van der Waals surface area contributed by atoms with Gasteiger partial charge in [-0.1, -0.05) is 6.07 Å². The number of rotatable bonds is 5. The summed E-state index contributed by atoms with van der Waals surface area (Å²) in [4.78, 5) is 15.4. The van der Waals surface area contributed by atoms with Crippen molar-refractivity contribution in [2.24, 2.45) is 0 Å². The van der Waals surface area contributed by atoms with Crippen molar-refractivity contribution >= 4 is 11.6 Å². The van der Waals surface area contributed by atoms with E-state index in [-0.39, 0.29) is 24.7 Å². The Morgan fingerprint density at radius 2 is 1.71 bits per heavy atom. The van der Waals surface area contributed by atoms with E-state index in [0.717, 1.165) is 35.5 Å². The molecule has 0 unspecified atom stereocenters. The van der Waals surface area contributed by atoms with Crippen LogP contribution in [0.3, 0.4) is 0 Å². The van der Waals surface area contributed by atoms with Gasteiger partial charge in [-0.3, -0.25) is 4.79 Å². The van der Waals surface area contributed by atoms with Gasteiger partial charge in [-0.25, -0.2) is 8.78 Å². The predicted molar refractivity (Wildman–Crippen MR) is 99.0 cm³/mol. The number of aromatic nitrogens is 2. The molecular formula is C20H18F3N3O2. The lowest BCUT2D eigenvalue weighted by atomic mass is 10.0. The maximum atomic E-state index is 13.8. The first kappa shape index (κ1) is 19.6. The van der Waals surface area contributed by atoms with Gasteiger partial charge in [-0.15, -0.1) is 0 Å². The molecule has 0 saturated heterocycles. The molecule has 28 heavy (non-hydrogen) atoms. The summed E-state index contributed by atoms with van der Waals surface area (Å²) >= 11 is 0. The van der Waals surface area contributed by atoms with E-state index in [4.69, 9.17) is 0 Å². The number of nitrogens with zero attached hydrogens (tertiary/aromatic N) is 2. The van der Waals surface area contributed by atoms with Crippen molar-refractivity contribution in [3.8, 4) is 0 Å². The zero-order chi connectivity index (χ0) is 20.4. The summed E-state index contributed by atoms with van der Waals surface area (Å²) in [5.41, 5.74) is 2.13. The number of nitrogens with one attached hydrogen (secondary N) is 1. The van der Waals surface area contributed by atoms with E-state index >= 15 is 0 Å². The lowest BCUT2D eigenvalue weighted by Gasteiger charge is -2.17.